The molecule has 5 aliphatic rings. The van der Waals surface area contributed by atoms with E-state index in [-0.39, 0.29) is 47.2 Å². The Morgan fingerprint density at radius 2 is 1.50 bits per heavy atom. The number of carbonyl (C=O) groups is 4. The molecular weight excluding hydrogens is 404 g/mol. The number of imide groups is 1. The molecule has 160 valence electrons. The summed E-state index contributed by atoms with van der Waals surface area (Å²) in [5.74, 6) is 0.242. The van der Waals surface area contributed by atoms with Crippen LogP contribution in [0.1, 0.15) is 34.1 Å². The van der Waals surface area contributed by atoms with Gasteiger partial charge < -0.3 is 5.32 Å². The number of nitrogens with one attached hydrogen (secondary N) is 1. The van der Waals surface area contributed by atoms with Crippen LogP contribution in [0.5, 0.6) is 0 Å². The van der Waals surface area contributed by atoms with Crippen molar-refractivity contribution in [2.24, 2.45) is 35.5 Å². The summed E-state index contributed by atoms with van der Waals surface area (Å²) in [6.45, 7) is 1.49. The van der Waals surface area contributed by atoms with Crippen molar-refractivity contribution in [3.63, 3.8) is 0 Å². The predicted molar refractivity (Wildman–Crippen MR) is 118 cm³/mol. The first-order valence-electron chi connectivity index (χ1n) is 11.0. The first kappa shape index (κ1) is 19.2. The molecule has 2 aromatic carbocycles. The average molecular weight is 426 g/mol. The zero-order valence-electron chi connectivity index (χ0n) is 17.5. The highest BCUT2D eigenvalue weighted by atomic mass is 16.2. The lowest BCUT2D eigenvalue weighted by Crippen LogP contribution is -2.40. The number of benzene rings is 2. The molecule has 0 unspecified atom stereocenters. The molecule has 2 aromatic rings. The lowest BCUT2D eigenvalue weighted by molar-refractivity contribution is -0.124. The first-order valence-corrected chi connectivity index (χ1v) is 11.0. The Bertz CT molecular complexity index is 1180. The van der Waals surface area contributed by atoms with Crippen LogP contribution < -0.4 is 10.2 Å². The molecule has 7 rings (SSSR count). The summed E-state index contributed by atoms with van der Waals surface area (Å²) < 4.78 is 0. The zero-order chi connectivity index (χ0) is 22.1. The summed E-state index contributed by atoms with van der Waals surface area (Å²) in [5, 5.41) is 2.80. The number of amides is 3. The van der Waals surface area contributed by atoms with Gasteiger partial charge in [-0.25, -0.2) is 4.90 Å². The number of Topliss-reactive ketones (excluding diaryl/α,β-unsaturated/α-hetero) is 1. The molecule has 2 saturated carbocycles. The van der Waals surface area contributed by atoms with Crippen LogP contribution in [-0.4, -0.2) is 23.5 Å². The maximum atomic E-state index is 13.3. The Morgan fingerprint density at radius 1 is 0.875 bits per heavy atom. The number of anilines is 2. The third-order valence-corrected chi connectivity index (χ3v) is 7.58. The number of nitrogens with zero attached hydrogens (tertiary/aromatic N) is 1. The molecule has 1 saturated heterocycles. The third kappa shape index (κ3) is 2.72. The number of allylic oxidation sites excluding steroid dienone is 2. The Hall–Kier alpha value is -3.54. The lowest BCUT2D eigenvalue weighted by Gasteiger charge is -2.37. The Balaban J connectivity index is 1.25. The van der Waals surface area contributed by atoms with E-state index in [1.165, 1.54) is 11.8 Å². The minimum absolute atomic E-state index is 0.0444. The van der Waals surface area contributed by atoms with Crippen molar-refractivity contribution in [3.8, 4) is 0 Å². The van der Waals surface area contributed by atoms with Gasteiger partial charge in [-0.15, -0.1) is 0 Å². The Morgan fingerprint density at radius 3 is 2.09 bits per heavy atom. The highest BCUT2D eigenvalue weighted by Crippen LogP contribution is 2.65. The van der Waals surface area contributed by atoms with Gasteiger partial charge in [0.2, 0.25) is 11.8 Å². The van der Waals surface area contributed by atoms with Gasteiger partial charge in [-0.3, -0.25) is 19.2 Å². The van der Waals surface area contributed by atoms with E-state index in [1.54, 1.807) is 48.5 Å². The van der Waals surface area contributed by atoms with Crippen LogP contribution in [0, 0.1) is 35.5 Å². The van der Waals surface area contributed by atoms with Gasteiger partial charge in [0, 0.05) is 16.8 Å². The zero-order valence-corrected chi connectivity index (χ0v) is 17.5. The monoisotopic (exact) mass is 426 g/mol. The fraction of sp³-hybridized carbons (Fsp3) is 0.308. The highest BCUT2D eigenvalue weighted by molar-refractivity contribution is 6.23. The molecule has 0 aromatic heterocycles. The summed E-state index contributed by atoms with van der Waals surface area (Å²) >= 11 is 0. The van der Waals surface area contributed by atoms with E-state index in [0.717, 1.165) is 6.42 Å². The van der Waals surface area contributed by atoms with E-state index < -0.39 is 0 Å². The van der Waals surface area contributed by atoms with Crippen molar-refractivity contribution in [1.82, 2.24) is 0 Å². The first-order chi connectivity index (χ1) is 15.4. The van der Waals surface area contributed by atoms with Crippen molar-refractivity contribution < 1.29 is 19.2 Å². The van der Waals surface area contributed by atoms with Gasteiger partial charge in [0.1, 0.15) is 0 Å². The molecule has 6 heteroatoms. The van der Waals surface area contributed by atoms with E-state index in [1.807, 2.05) is 0 Å². The molecule has 1 aliphatic heterocycles. The molecule has 3 fully saturated rings. The molecule has 1 heterocycles. The van der Waals surface area contributed by atoms with Crippen LogP contribution in [0.15, 0.2) is 60.7 Å². The van der Waals surface area contributed by atoms with Gasteiger partial charge in [-0.2, -0.15) is 0 Å². The normalized spacial score (nSPS) is 31.3. The van der Waals surface area contributed by atoms with Crippen LogP contribution in [-0.2, 0) is 9.59 Å². The molecule has 6 atom stereocenters. The number of hydrogen-bond acceptors (Lipinski definition) is 4. The lowest BCUT2D eigenvalue weighted by atomic mass is 9.63. The van der Waals surface area contributed by atoms with Gasteiger partial charge in [0.25, 0.3) is 5.91 Å². The third-order valence-electron chi connectivity index (χ3n) is 7.58. The second kappa shape index (κ2) is 6.73. The molecule has 2 bridgehead atoms. The molecule has 0 radical (unpaired) electrons. The van der Waals surface area contributed by atoms with Crippen molar-refractivity contribution in [2.75, 3.05) is 10.2 Å². The number of hydrogen-bond donors (Lipinski definition) is 1. The van der Waals surface area contributed by atoms with E-state index in [0.29, 0.717) is 34.3 Å². The van der Waals surface area contributed by atoms with E-state index in [9.17, 15) is 19.2 Å². The summed E-state index contributed by atoms with van der Waals surface area (Å²) in [6.07, 6.45) is 5.42. The minimum Gasteiger partial charge on any atom is -0.322 e. The second-order valence-electron chi connectivity index (χ2n) is 9.30. The van der Waals surface area contributed by atoms with Crippen molar-refractivity contribution in [1.29, 1.82) is 0 Å². The molecule has 3 amide bonds. The van der Waals surface area contributed by atoms with Gasteiger partial charge in [0.15, 0.2) is 5.78 Å². The largest absolute Gasteiger partial charge is 0.322 e. The topological polar surface area (TPSA) is 83.6 Å². The number of carbonyl (C=O) groups excluding carboxylic acids is 4. The Labute approximate surface area is 185 Å². The average Bonchev–Trinajstić information content (AvgIpc) is 3.57. The van der Waals surface area contributed by atoms with Crippen LogP contribution in [0.3, 0.4) is 0 Å². The number of ketones is 1. The maximum absolute atomic E-state index is 13.3. The fourth-order valence-electron chi connectivity index (χ4n) is 5.99. The fourth-order valence-corrected chi connectivity index (χ4v) is 5.99. The van der Waals surface area contributed by atoms with Crippen LogP contribution in [0.2, 0.25) is 0 Å². The van der Waals surface area contributed by atoms with Crippen molar-refractivity contribution >= 4 is 34.9 Å². The van der Waals surface area contributed by atoms with Crippen LogP contribution in [0.4, 0.5) is 11.4 Å². The SMILES string of the molecule is CC(=O)c1ccc(NC(=O)c2cccc(N3C(=O)[C@@H]4[C@H]5C=C[C@@H]([C@@H]6C[C@H]56)[C@@H]4C3=O)c2)cc1. The van der Waals surface area contributed by atoms with Gasteiger partial charge in [-0.1, -0.05) is 18.2 Å². The molecule has 6 nitrogen and oxygen atoms in total. The number of rotatable bonds is 4. The van der Waals surface area contributed by atoms with Gasteiger partial charge >= 0.3 is 0 Å². The maximum Gasteiger partial charge on any atom is 0.255 e. The van der Waals surface area contributed by atoms with Crippen LogP contribution >= 0.6 is 0 Å². The molecule has 1 N–H and O–H groups in total. The summed E-state index contributed by atoms with van der Waals surface area (Å²) in [7, 11) is 0. The highest BCUT2D eigenvalue weighted by Gasteiger charge is 2.67. The van der Waals surface area contributed by atoms with Crippen molar-refractivity contribution in [3.05, 3.63) is 71.8 Å². The van der Waals surface area contributed by atoms with Crippen LogP contribution in [0.25, 0.3) is 0 Å². The molecule has 0 spiro atoms. The standard InChI is InChI=1S/C26H22N2O4/c1-13(29)14-5-7-16(8-6-14)27-24(30)15-3-2-4-17(11-15)28-25(31)22-18-9-10-19(21-12-20(18)21)23(22)26(28)32/h2-11,18-23H,12H2,1H3,(H,27,30)/t18-,19-,20-,21+,22-,23+/m0/s1. The molecule has 4 aliphatic carbocycles. The quantitative estimate of drug-likeness (QED) is 0.459. The summed E-state index contributed by atoms with van der Waals surface area (Å²) in [6, 6.07) is 13.3. The predicted octanol–water partition coefficient (Wildman–Crippen LogP) is 3.70. The second-order valence-corrected chi connectivity index (χ2v) is 9.30. The van der Waals surface area contributed by atoms with Gasteiger partial charge in [-0.05, 0) is 79.5 Å². The minimum atomic E-state index is -0.345. The van der Waals surface area contributed by atoms with Gasteiger partial charge in [0.05, 0.1) is 17.5 Å². The van der Waals surface area contributed by atoms with E-state index in [2.05, 4.69) is 17.5 Å². The Kier molecular flexibility index (Phi) is 4.03. The van der Waals surface area contributed by atoms with E-state index in [4.69, 9.17) is 0 Å². The van der Waals surface area contributed by atoms with Crippen molar-refractivity contribution in [2.45, 2.75) is 13.3 Å². The summed E-state index contributed by atoms with van der Waals surface area (Å²) in [4.78, 5) is 52.1. The smallest absolute Gasteiger partial charge is 0.255 e. The van der Waals surface area contributed by atoms with E-state index >= 15 is 0 Å². The molecular formula is C26H22N2O4. The summed E-state index contributed by atoms with van der Waals surface area (Å²) in [5.41, 5.74) is 1.94. The molecule has 32 heavy (non-hydrogen) atoms.